The summed E-state index contributed by atoms with van der Waals surface area (Å²) in [6.45, 7) is 3.09. The van der Waals surface area contributed by atoms with E-state index >= 15 is 0 Å². The van der Waals surface area contributed by atoms with Gasteiger partial charge in [0, 0.05) is 17.6 Å². The summed E-state index contributed by atoms with van der Waals surface area (Å²) in [5.74, 6) is -1.26. The van der Waals surface area contributed by atoms with E-state index in [4.69, 9.17) is 5.11 Å². The number of benzene rings is 1. The zero-order valence-corrected chi connectivity index (χ0v) is 12.1. The van der Waals surface area contributed by atoms with E-state index in [0.717, 1.165) is 15.7 Å². The Morgan fingerprint density at radius 2 is 2.16 bits per heavy atom. The first kappa shape index (κ1) is 14.0. The van der Waals surface area contributed by atoms with Gasteiger partial charge in [-0.15, -0.1) is 0 Å². The van der Waals surface area contributed by atoms with Gasteiger partial charge in [0.2, 0.25) is 5.91 Å². The van der Waals surface area contributed by atoms with Gasteiger partial charge in [-0.1, -0.05) is 6.07 Å². The number of nitrogens with one attached hydrogen (secondary N) is 1. The Hall–Kier alpha value is -1.40. The average molecular weight is 327 g/mol. The number of carbonyl (C=O) groups excluding carboxylic acids is 1. The number of carboxylic acids is 1. The molecule has 0 unspecified atom stereocenters. The predicted molar refractivity (Wildman–Crippen MR) is 75.1 cm³/mol. The summed E-state index contributed by atoms with van der Waals surface area (Å²) >= 11 is 3.40. The molecule has 1 aromatic rings. The lowest BCUT2D eigenvalue weighted by Crippen LogP contribution is -2.52. The Balaban J connectivity index is 1.84. The summed E-state index contributed by atoms with van der Waals surface area (Å²) in [4.78, 5) is 24.3. The minimum Gasteiger partial charge on any atom is -0.481 e. The lowest BCUT2D eigenvalue weighted by Gasteiger charge is -2.35. The van der Waals surface area contributed by atoms with E-state index in [1.165, 1.54) is 0 Å². The second-order valence-electron chi connectivity index (χ2n) is 4.76. The first-order chi connectivity index (χ1) is 8.95. The van der Waals surface area contributed by atoms with Gasteiger partial charge < -0.3 is 10.4 Å². The molecule has 1 saturated heterocycles. The number of carbonyl (C=O) groups is 2. The van der Waals surface area contributed by atoms with Crippen LogP contribution in [0.4, 0.5) is 5.69 Å². The second kappa shape index (κ2) is 5.71. The van der Waals surface area contributed by atoms with Crippen LogP contribution < -0.4 is 5.32 Å². The first-order valence-electron chi connectivity index (χ1n) is 5.97. The molecule has 5 nitrogen and oxygen atoms in total. The van der Waals surface area contributed by atoms with Crippen molar-refractivity contribution in [1.82, 2.24) is 4.90 Å². The van der Waals surface area contributed by atoms with Crippen LogP contribution in [-0.4, -0.2) is 41.5 Å². The number of carboxylic acid groups (broad SMARTS) is 1. The minimum atomic E-state index is -0.794. The van der Waals surface area contributed by atoms with Gasteiger partial charge in [0.05, 0.1) is 18.2 Å². The van der Waals surface area contributed by atoms with Gasteiger partial charge >= 0.3 is 5.97 Å². The van der Waals surface area contributed by atoms with E-state index in [9.17, 15) is 9.59 Å². The molecule has 102 valence electrons. The molecule has 0 aromatic heterocycles. The highest BCUT2D eigenvalue weighted by Crippen LogP contribution is 2.23. The fraction of sp³-hybridized carbons (Fsp3) is 0.385. The fourth-order valence-corrected chi connectivity index (χ4v) is 2.56. The number of nitrogens with zero attached hydrogens (tertiary/aromatic N) is 1. The third kappa shape index (κ3) is 3.54. The van der Waals surface area contributed by atoms with Gasteiger partial charge in [-0.2, -0.15) is 0 Å². The van der Waals surface area contributed by atoms with Crippen molar-refractivity contribution in [2.45, 2.75) is 6.92 Å². The number of hydrogen-bond donors (Lipinski definition) is 2. The molecule has 2 N–H and O–H groups in total. The van der Waals surface area contributed by atoms with Gasteiger partial charge in [-0.25, -0.2) is 0 Å². The molecule has 0 aliphatic carbocycles. The minimum absolute atomic E-state index is 0.131. The summed E-state index contributed by atoms with van der Waals surface area (Å²) in [7, 11) is 0. The summed E-state index contributed by atoms with van der Waals surface area (Å²) < 4.78 is 0.841. The first-order valence-corrected chi connectivity index (χ1v) is 6.76. The molecule has 0 bridgehead atoms. The smallest absolute Gasteiger partial charge is 0.309 e. The summed E-state index contributed by atoms with van der Waals surface area (Å²) in [6, 6.07) is 5.69. The molecule has 0 radical (unpaired) electrons. The molecular formula is C13H15BrN2O3. The van der Waals surface area contributed by atoms with Crippen molar-refractivity contribution in [1.29, 1.82) is 0 Å². The van der Waals surface area contributed by atoms with Crippen molar-refractivity contribution in [2.75, 3.05) is 25.0 Å². The zero-order valence-electron chi connectivity index (χ0n) is 10.5. The summed E-state index contributed by atoms with van der Waals surface area (Å²) in [6.07, 6.45) is 0. The van der Waals surface area contributed by atoms with E-state index in [-0.39, 0.29) is 18.4 Å². The van der Waals surface area contributed by atoms with Crippen molar-refractivity contribution >= 4 is 33.5 Å². The molecule has 2 rings (SSSR count). The molecule has 1 aliphatic heterocycles. The molecule has 0 spiro atoms. The molecule has 1 fully saturated rings. The zero-order chi connectivity index (χ0) is 14.0. The Morgan fingerprint density at radius 3 is 2.74 bits per heavy atom. The lowest BCUT2D eigenvalue weighted by molar-refractivity contribution is -0.148. The van der Waals surface area contributed by atoms with Crippen LogP contribution in [0.5, 0.6) is 0 Å². The van der Waals surface area contributed by atoms with Gasteiger partial charge in [0.15, 0.2) is 0 Å². The van der Waals surface area contributed by atoms with E-state index < -0.39 is 5.97 Å². The SMILES string of the molecule is Cc1ccc(NC(=O)CN2CC(C(=O)O)C2)c(Br)c1. The molecular weight excluding hydrogens is 312 g/mol. The number of likely N-dealkylation sites (tertiary alicyclic amines) is 1. The van der Waals surface area contributed by atoms with Crippen molar-refractivity contribution in [3.8, 4) is 0 Å². The van der Waals surface area contributed by atoms with Crippen molar-refractivity contribution in [2.24, 2.45) is 5.92 Å². The topological polar surface area (TPSA) is 69.6 Å². The molecule has 0 atom stereocenters. The molecule has 1 heterocycles. The maximum absolute atomic E-state index is 11.8. The third-order valence-corrected chi connectivity index (χ3v) is 3.73. The molecule has 19 heavy (non-hydrogen) atoms. The highest BCUT2D eigenvalue weighted by Gasteiger charge is 2.33. The normalized spacial score (nSPS) is 15.9. The van der Waals surface area contributed by atoms with E-state index in [1.807, 2.05) is 30.0 Å². The number of aryl methyl sites for hydroxylation is 1. The number of rotatable bonds is 4. The maximum atomic E-state index is 11.8. The lowest BCUT2D eigenvalue weighted by atomic mass is 10.0. The number of hydrogen-bond acceptors (Lipinski definition) is 3. The fourth-order valence-electron chi connectivity index (χ4n) is 1.97. The van der Waals surface area contributed by atoms with Crippen LogP contribution >= 0.6 is 15.9 Å². The van der Waals surface area contributed by atoms with E-state index in [0.29, 0.717) is 13.1 Å². The molecule has 1 amide bonds. The number of amides is 1. The number of halogens is 1. The van der Waals surface area contributed by atoms with Crippen LogP contribution in [0.3, 0.4) is 0 Å². The van der Waals surface area contributed by atoms with Crippen molar-refractivity contribution in [3.05, 3.63) is 28.2 Å². The Kier molecular flexibility index (Phi) is 4.21. The molecule has 6 heteroatoms. The highest BCUT2D eigenvalue weighted by atomic mass is 79.9. The third-order valence-electron chi connectivity index (χ3n) is 3.07. The molecule has 0 saturated carbocycles. The Bertz CT molecular complexity index is 513. The van der Waals surface area contributed by atoms with Crippen LogP contribution in [-0.2, 0) is 9.59 Å². The Morgan fingerprint density at radius 1 is 1.47 bits per heavy atom. The van der Waals surface area contributed by atoms with Gasteiger partial charge in [0.1, 0.15) is 0 Å². The maximum Gasteiger partial charge on any atom is 0.309 e. The summed E-state index contributed by atoms with van der Waals surface area (Å²) in [5.41, 5.74) is 1.84. The number of aliphatic carboxylic acids is 1. The largest absolute Gasteiger partial charge is 0.481 e. The van der Waals surface area contributed by atoms with Crippen LogP contribution in [0.25, 0.3) is 0 Å². The van der Waals surface area contributed by atoms with Gasteiger partial charge in [-0.05, 0) is 40.5 Å². The van der Waals surface area contributed by atoms with Crippen LogP contribution in [0, 0.1) is 12.8 Å². The monoisotopic (exact) mass is 326 g/mol. The van der Waals surface area contributed by atoms with Crippen molar-refractivity contribution < 1.29 is 14.7 Å². The summed E-state index contributed by atoms with van der Waals surface area (Å²) in [5, 5.41) is 11.6. The van der Waals surface area contributed by atoms with Gasteiger partial charge in [0.25, 0.3) is 0 Å². The van der Waals surface area contributed by atoms with Crippen LogP contribution in [0.2, 0.25) is 0 Å². The second-order valence-corrected chi connectivity index (χ2v) is 5.62. The Labute approximate surface area is 119 Å². The van der Waals surface area contributed by atoms with Gasteiger partial charge in [-0.3, -0.25) is 14.5 Å². The predicted octanol–water partition coefficient (Wildman–Crippen LogP) is 1.71. The van der Waals surface area contributed by atoms with Crippen LogP contribution in [0.15, 0.2) is 22.7 Å². The van der Waals surface area contributed by atoms with E-state index in [1.54, 1.807) is 0 Å². The molecule has 1 aromatic carbocycles. The average Bonchev–Trinajstić information content (AvgIpc) is 2.26. The standard InChI is InChI=1S/C13H15BrN2O3/c1-8-2-3-11(10(14)4-8)15-12(17)7-16-5-9(6-16)13(18)19/h2-4,9H,5-7H2,1H3,(H,15,17)(H,18,19). The van der Waals surface area contributed by atoms with Crippen molar-refractivity contribution in [3.63, 3.8) is 0 Å². The van der Waals surface area contributed by atoms with Crippen LogP contribution in [0.1, 0.15) is 5.56 Å². The quantitative estimate of drug-likeness (QED) is 0.883. The molecule has 1 aliphatic rings. The van der Waals surface area contributed by atoms with E-state index in [2.05, 4.69) is 21.2 Å². The highest BCUT2D eigenvalue weighted by molar-refractivity contribution is 9.10. The number of anilines is 1.